The van der Waals surface area contributed by atoms with Crippen LogP contribution in [-0.2, 0) is 13.6 Å². The molecule has 3 atom stereocenters. The smallest absolute Gasteiger partial charge is 0.391 e. The lowest BCUT2D eigenvalue weighted by molar-refractivity contribution is -0.870. The summed E-state index contributed by atoms with van der Waals surface area (Å²) < 4.78 is 23.1. The first-order chi connectivity index (χ1) is 16.0. The molecule has 0 aromatic carbocycles. The molecule has 206 valence electrons. The molecule has 0 aliphatic heterocycles. The molecule has 0 aliphatic carbocycles. The third kappa shape index (κ3) is 22.5. The third-order valence-electron chi connectivity index (χ3n) is 6.05. The van der Waals surface area contributed by atoms with Crippen molar-refractivity contribution in [2.75, 3.05) is 40.9 Å². The molecule has 3 N–H and O–H groups in total. The van der Waals surface area contributed by atoms with Crippen LogP contribution in [0.15, 0.2) is 0 Å². The van der Waals surface area contributed by atoms with Gasteiger partial charge < -0.3 is 19.8 Å². The summed E-state index contributed by atoms with van der Waals surface area (Å²) in [5, 5.41) is 13.9. The van der Waals surface area contributed by atoms with E-state index in [2.05, 4.69) is 12.2 Å². The van der Waals surface area contributed by atoms with E-state index in [-0.39, 0.29) is 19.3 Å². The standard InChI is InChI=1S/C26H57N2O5P/c1-7-8-9-10-11-12-13-14-15-16-17-18-19-20-26(29)25(27-24(2)3)23-33-34(30,31)32-22-21-28(4,5)6/h24-27,29H,7-23H2,1-6H3/p+1/t25-,26+/m0/s1. The monoisotopic (exact) mass is 509 g/mol. The molecule has 0 aromatic rings. The van der Waals surface area contributed by atoms with Crippen molar-refractivity contribution in [3.05, 3.63) is 0 Å². The van der Waals surface area contributed by atoms with Gasteiger partial charge in [0.25, 0.3) is 0 Å². The van der Waals surface area contributed by atoms with Gasteiger partial charge in [-0.25, -0.2) is 4.57 Å². The Balaban J connectivity index is 4.02. The Morgan fingerprint density at radius 3 is 1.74 bits per heavy atom. The van der Waals surface area contributed by atoms with E-state index in [0.717, 1.165) is 12.8 Å². The van der Waals surface area contributed by atoms with Crippen molar-refractivity contribution in [1.29, 1.82) is 0 Å². The van der Waals surface area contributed by atoms with Crippen LogP contribution in [0.3, 0.4) is 0 Å². The van der Waals surface area contributed by atoms with Gasteiger partial charge in [-0.2, -0.15) is 0 Å². The molecule has 0 bridgehead atoms. The quantitative estimate of drug-likeness (QED) is 0.0836. The minimum atomic E-state index is -4.14. The van der Waals surface area contributed by atoms with Crippen LogP contribution in [0.4, 0.5) is 0 Å². The van der Waals surface area contributed by atoms with Crippen molar-refractivity contribution >= 4 is 7.82 Å². The Morgan fingerprint density at radius 1 is 0.824 bits per heavy atom. The molecule has 0 amide bonds. The lowest BCUT2D eigenvalue weighted by atomic mass is 10.0. The molecule has 1 unspecified atom stereocenters. The average Bonchev–Trinajstić information content (AvgIpc) is 2.73. The summed E-state index contributed by atoms with van der Waals surface area (Å²) in [6, 6.07) is -0.271. The fraction of sp³-hybridized carbons (Fsp3) is 1.00. The zero-order chi connectivity index (χ0) is 25.9. The van der Waals surface area contributed by atoms with Gasteiger partial charge in [0, 0.05) is 6.04 Å². The summed E-state index contributed by atoms with van der Waals surface area (Å²) in [6.45, 7) is 6.92. The number of nitrogens with one attached hydrogen (secondary N) is 1. The van der Waals surface area contributed by atoms with Gasteiger partial charge in [-0.05, 0) is 6.42 Å². The first-order valence-corrected chi connectivity index (χ1v) is 15.3. The number of likely N-dealkylation sites (N-methyl/N-ethyl adjacent to an activating group) is 1. The number of rotatable bonds is 24. The summed E-state index contributed by atoms with van der Waals surface area (Å²) >= 11 is 0. The Labute approximate surface area is 211 Å². The van der Waals surface area contributed by atoms with E-state index in [0.29, 0.717) is 17.4 Å². The van der Waals surface area contributed by atoms with E-state index >= 15 is 0 Å². The molecule has 0 rings (SSSR count). The zero-order valence-corrected chi connectivity index (χ0v) is 24.2. The predicted molar refractivity (Wildman–Crippen MR) is 143 cm³/mol. The third-order valence-corrected chi connectivity index (χ3v) is 7.03. The van der Waals surface area contributed by atoms with Crippen LogP contribution in [0.5, 0.6) is 0 Å². The van der Waals surface area contributed by atoms with Crippen molar-refractivity contribution in [3.63, 3.8) is 0 Å². The Morgan fingerprint density at radius 2 is 1.29 bits per heavy atom. The van der Waals surface area contributed by atoms with Gasteiger partial charge in [-0.3, -0.25) is 9.05 Å². The zero-order valence-electron chi connectivity index (χ0n) is 23.3. The molecule has 7 nitrogen and oxygen atoms in total. The molecule has 0 radical (unpaired) electrons. The SMILES string of the molecule is CCCCCCCCCCCCCCC[C@@H](O)[C@H](COP(=O)(O)OCC[N+](C)(C)C)NC(C)C. The van der Waals surface area contributed by atoms with Gasteiger partial charge >= 0.3 is 7.82 Å². The van der Waals surface area contributed by atoms with Crippen molar-refractivity contribution in [2.45, 2.75) is 129 Å². The maximum Gasteiger partial charge on any atom is 0.472 e. The molecule has 0 spiro atoms. The van der Waals surface area contributed by atoms with Crippen molar-refractivity contribution in [3.8, 4) is 0 Å². The molecule has 0 saturated carbocycles. The summed E-state index contributed by atoms with van der Waals surface area (Å²) in [6.07, 6.45) is 16.8. The van der Waals surface area contributed by atoms with Gasteiger partial charge in [0.05, 0.1) is 39.9 Å². The van der Waals surface area contributed by atoms with Crippen LogP contribution < -0.4 is 5.32 Å². The van der Waals surface area contributed by atoms with Crippen LogP contribution in [-0.4, -0.2) is 73.6 Å². The molecule has 8 heteroatoms. The van der Waals surface area contributed by atoms with Crippen LogP contribution in [0, 0.1) is 0 Å². The molecule has 0 saturated heterocycles. The molecule has 0 heterocycles. The highest BCUT2D eigenvalue weighted by Gasteiger charge is 2.27. The normalized spacial score (nSPS) is 16.0. The topological polar surface area (TPSA) is 88.0 Å². The summed E-state index contributed by atoms with van der Waals surface area (Å²) in [5.41, 5.74) is 0. The van der Waals surface area contributed by atoms with E-state index in [1.807, 2.05) is 35.0 Å². The lowest BCUT2D eigenvalue weighted by Crippen LogP contribution is -2.46. The molecule has 0 fully saturated rings. The lowest BCUT2D eigenvalue weighted by Gasteiger charge is -2.27. The highest BCUT2D eigenvalue weighted by atomic mass is 31.2. The Hall–Kier alpha value is -0.0100. The van der Waals surface area contributed by atoms with Crippen molar-refractivity contribution in [1.82, 2.24) is 5.32 Å². The highest BCUT2D eigenvalue weighted by molar-refractivity contribution is 7.47. The molecule has 0 aliphatic rings. The van der Waals surface area contributed by atoms with Crippen LogP contribution in [0.25, 0.3) is 0 Å². The van der Waals surface area contributed by atoms with E-state index in [9.17, 15) is 14.6 Å². The fourth-order valence-electron chi connectivity index (χ4n) is 3.91. The number of phosphoric acid groups is 1. The summed E-state index contributed by atoms with van der Waals surface area (Å²) in [7, 11) is 1.83. The minimum Gasteiger partial charge on any atom is -0.391 e. The van der Waals surface area contributed by atoms with Crippen LogP contribution >= 0.6 is 7.82 Å². The van der Waals surface area contributed by atoms with Crippen molar-refractivity contribution in [2.24, 2.45) is 0 Å². The number of aliphatic hydroxyl groups excluding tert-OH is 1. The van der Waals surface area contributed by atoms with Crippen LogP contribution in [0.2, 0.25) is 0 Å². The highest BCUT2D eigenvalue weighted by Crippen LogP contribution is 2.43. The second kappa shape index (κ2) is 20.1. The number of hydrogen-bond donors (Lipinski definition) is 3. The summed E-state index contributed by atoms with van der Waals surface area (Å²) in [4.78, 5) is 9.97. The fourth-order valence-corrected chi connectivity index (χ4v) is 4.65. The maximum absolute atomic E-state index is 12.2. The number of quaternary nitrogens is 1. The number of hydrogen-bond acceptors (Lipinski definition) is 5. The van der Waals surface area contributed by atoms with E-state index in [1.54, 1.807) is 0 Å². The second-order valence-corrected chi connectivity index (χ2v) is 12.6. The van der Waals surface area contributed by atoms with E-state index in [1.165, 1.54) is 70.6 Å². The van der Waals surface area contributed by atoms with Gasteiger partial charge in [0.2, 0.25) is 0 Å². The molecule has 0 aromatic heterocycles. The minimum absolute atomic E-state index is 0.0596. The first-order valence-electron chi connectivity index (χ1n) is 13.8. The average molecular weight is 510 g/mol. The van der Waals surface area contributed by atoms with E-state index < -0.39 is 20.0 Å². The maximum atomic E-state index is 12.2. The Bertz CT molecular complexity index is 514. The van der Waals surface area contributed by atoms with Gasteiger partial charge in [0.15, 0.2) is 0 Å². The molecular formula is C26H58N2O5P+. The van der Waals surface area contributed by atoms with Gasteiger partial charge in [-0.15, -0.1) is 0 Å². The molecular weight excluding hydrogens is 451 g/mol. The number of unbranched alkanes of at least 4 members (excludes halogenated alkanes) is 12. The predicted octanol–water partition coefficient (Wildman–Crippen LogP) is 6.04. The Kier molecular flexibility index (Phi) is 20.1. The number of phosphoric ester groups is 1. The van der Waals surface area contributed by atoms with Crippen molar-refractivity contribution < 1.29 is 28.1 Å². The molecule has 34 heavy (non-hydrogen) atoms. The van der Waals surface area contributed by atoms with E-state index in [4.69, 9.17) is 9.05 Å². The van der Waals surface area contributed by atoms with Crippen LogP contribution in [0.1, 0.15) is 111 Å². The van der Waals surface area contributed by atoms with Gasteiger partial charge in [-0.1, -0.05) is 104 Å². The van der Waals surface area contributed by atoms with Gasteiger partial charge in [0.1, 0.15) is 13.2 Å². The summed E-state index contributed by atoms with van der Waals surface area (Å²) in [5.74, 6) is 0. The first kappa shape index (κ1) is 34.0. The largest absolute Gasteiger partial charge is 0.472 e. The number of nitrogens with zero attached hydrogens (tertiary/aromatic N) is 1. The number of aliphatic hydroxyl groups is 1. The second-order valence-electron chi connectivity index (χ2n) is 11.1.